The van der Waals surface area contributed by atoms with Gasteiger partial charge in [-0.3, -0.25) is 0 Å². The summed E-state index contributed by atoms with van der Waals surface area (Å²) in [6.07, 6.45) is 1.60. The van der Waals surface area contributed by atoms with E-state index in [1.807, 2.05) is 0 Å². The Bertz CT molecular complexity index is 807. The maximum absolute atomic E-state index is 10.7. The number of hydrogen-bond acceptors (Lipinski definition) is 4. The third-order valence-electron chi connectivity index (χ3n) is 3.14. The number of ether oxygens (including phenoxy) is 2. The van der Waals surface area contributed by atoms with Crippen LogP contribution >= 0.6 is 11.6 Å². The summed E-state index contributed by atoms with van der Waals surface area (Å²) in [5.41, 5.74) is 1.61. The van der Waals surface area contributed by atoms with Crippen LogP contribution in [0.25, 0.3) is 11.6 Å². The Hall–Kier alpha value is -2.97. The van der Waals surface area contributed by atoms with Gasteiger partial charge in [0.1, 0.15) is 11.5 Å². The predicted molar refractivity (Wildman–Crippen MR) is 91.1 cm³/mol. The zero-order valence-electron chi connectivity index (χ0n) is 12.8. The molecule has 122 valence electrons. The van der Waals surface area contributed by atoms with Crippen molar-refractivity contribution in [1.29, 1.82) is 5.26 Å². The summed E-state index contributed by atoms with van der Waals surface area (Å²) in [6, 6.07) is 13.9. The lowest BCUT2D eigenvalue weighted by atomic mass is 10.0. The van der Waals surface area contributed by atoms with Gasteiger partial charge in [-0.2, -0.15) is 5.26 Å². The van der Waals surface area contributed by atoms with Crippen molar-refractivity contribution in [2.75, 3.05) is 13.7 Å². The van der Waals surface area contributed by atoms with Crippen molar-refractivity contribution < 1.29 is 19.4 Å². The second-order valence-electron chi connectivity index (χ2n) is 4.76. The summed E-state index contributed by atoms with van der Waals surface area (Å²) in [5, 5.41) is 18.6. The van der Waals surface area contributed by atoms with Crippen LogP contribution in [0.2, 0.25) is 5.02 Å². The van der Waals surface area contributed by atoms with E-state index in [4.69, 9.17) is 26.2 Å². The molecule has 0 radical (unpaired) electrons. The first kappa shape index (κ1) is 17.4. The van der Waals surface area contributed by atoms with Crippen molar-refractivity contribution in [3.63, 3.8) is 0 Å². The van der Waals surface area contributed by atoms with E-state index in [9.17, 15) is 10.1 Å². The molecule has 0 spiro atoms. The molecule has 0 saturated heterocycles. The number of allylic oxidation sites excluding steroid dienone is 1. The van der Waals surface area contributed by atoms with E-state index in [2.05, 4.69) is 6.07 Å². The zero-order valence-corrected chi connectivity index (χ0v) is 13.6. The lowest BCUT2D eigenvalue weighted by molar-refractivity contribution is -0.139. The molecule has 0 aliphatic heterocycles. The molecule has 0 aliphatic carbocycles. The highest BCUT2D eigenvalue weighted by Gasteiger charge is 2.08. The molecule has 5 nitrogen and oxygen atoms in total. The maximum atomic E-state index is 10.7. The Kier molecular flexibility index (Phi) is 5.83. The first-order valence-electron chi connectivity index (χ1n) is 6.94. The van der Waals surface area contributed by atoms with Crippen LogP contribution in [-0.2, 0) is 4.79 Å². The summed E-state index contributed by atoms with van der Waals surface area (Å²) in [5.74, 6) is -0.0668. The number of aliphatic carboxylic acids is 1. The van der Waals surface area contributed by atoms with Gasteiger partial charge in [0, 0.05) is 10.6 Å². The fourth-order valence-electron chi connectivity index (χ4n) is 2.01. The molecule has 0 bridgehead atoms. The van der Waals surface area contributed by atoms with Crippen LogP contribution in [0, 0.1) is 11.3 Å². The highest BCUT2D eigenvalue weighted by Crippen LogP contribution is 2.28. The molecule has 0 fully saturated rings. The molecule has 0 amide bonds. The zero-order chi connectivity index (χ0) is 17.5. The average Bonchev–Trinajstić information content (AvgIpc) is 2.59. The predicted octanol–water partition coefficient (Wildman–Crippen LogP) is 3.88. The van der Waals surface area contributed by atoms with Gasteiger partial charge >= 0.3 is 5.97 Å². The van der Waals surface area contributed by atoms with Gasteiger partial charge in [0.15, 0.2) is 6.61 Å². The minimum Gasteiger partial charge on any atom is -0.497 e. The van der Waals surface area contributed by atoms with Crippen molar-refractivity contribution in [3.05, 3.63) is 58.6 Å². The van der Waals surface area contributed by atoms with Crippen LogP contribution in [0.15, 0.2) is 42.5 Å². The molecular weight excluding hydrogens is 330 g/mol. The molecule has 0 aliphatic rings. The number of hydrogen-bond donors (Lipinski definition) is 1. The van der Waals surface area contributed by atoms with Gasteiger partial charge in [0.25, 0.3) is 0 Å². The van der Waals surface area contributed by atoms with E-state index in [1.54, 1.807) is 55.7 Å². The molecule has 2 aromatic rings. The lowest BCUT2D eigenvalue weighted by Gasteiger charge is -2.09. The van der Waals surface area contributed by atoms with Gasteiger partial charge in [-0.15, -0.1) is 0 Å². The molecular formula is C18H14ClNO4. The molecule has 24 heavy (non-hydrogen) atoms. The standard InChI is InChI=1S/C18H14ClNO4/c1-23-16-5-2-12(3-6-16)14(10-20)8-13-9-15(19)4-7-17(13)24-11-18(21)22/h2-9H,11H2,1H3,(H,21,22)/b14-8+. The van der Waals surface area contributed by atoms with E-state index in [0.717, 1.165) is 0 Å². The fraction of sp³-hybridized carbons (Fsp3) is 0.111. The van der Waals surface area contributed by atoms with Crippen LogP contribution in [-0.4, -0.2) is 24.8 Å². The summed E-state index contributed by atoms with van der Waals surface area (Å²) in [4.78, 5) is 10.7. The monoisotopic (exact) mass is 343 g/mol. The number of carboxylic acid groups (broad SMARTS) is 1. The molecule has 2 aromatic carbocycles. The summed E-state index contributed by atoms with van der Waals surface area (Å²) >= 11 is 5.99. The van der Waals surface area contributed by atoms with Crippen LogP contribution < -0.4 is 9.47 Å². The largest absolute Gasteiger partial charge is 0.497 e. The van der Waals surface area contributed by atoms with E-state index in [-0.39, 0.29) is 0 Å². The van der Waals surface area contributed by atoms with Crippen molar-refractivity contribution in [1.82, 2.24) is 0 Å². The van der Waals surface area contributed by atoms with Gasteiger partial charge in [-0.1, -0.05) is 11.6 Å². The normalized spacial score (nSPS) is 10.8. The first-order chi connectivity index (χ1) is 11.5. The molecule has 2 rings (SSSR count). The highest BCUT2D eigenvalue weighted by atomic mass is 35.5. The summed E-state index contributed by atoms with van der Waals surface area (Å²) in [7, 11) is 1.56. The van der Waals surface area contributed by atoms with Crippen molar-refractivity contribution in [2.24, 2.45) is 0 Å². The Morgan fingerprint density at radius 1 is 1.29 bits per heavy atom. The second kappa shape index (κ2) is 8.04. The fourth-order valence-corrected chi connectivity index (χ4v) is 2.19. The van der Waals surface area contributed by atoms with E-state index >= 15 is 0 Å². The maximum Gasteiger partial charge on any atom is 0.341 e. The molecule has 1 N–H and O–H groups in total. The molecule has 0 heterocycles. The number of carboxylic acids is 1. The van der Waals surface area contributed by atoms with Crippen LogP contribution in [0.1, 0.15) is 11.1 Å². The smallest absolute Gasteiger partial charge is 0.341 e. The number of rotatable bonds is 6. The summed E-state index contributed by atoms with van der Waals surface area (Å²) in [6.45, 7) is -0.479. The van der Waals surface area contributed by atoms with Crippen molar-refractivity contribution >= 4 is 29.2 Å². The Morgan fingerprint density at radius 2 is 2.00 bits per heavy atom. The van der Waals surface area contributed by atoms with Crippen molar-refractivity contribution in [2.45, 2.75) is 0 Å². The molecule has 0 saturated carbocycles. The number of methoxy groups -OCH3 is 1. The Morgan fingerprint density at radius 3 is 2.58 bits per heavy atom. The van der Waals surface area contributed by atoms with E-state index in [1.165, 1.54) is 0 Å². The van der Waals surface area contributed by atoms with Gasteiger partial charge in [-0.25, -0.2) is 4.79 Å². The Labute approximate surface area is 144 Å². The molecule has 0 aromatic heterocycles. The quantitative estimate of drug-likeness (QED) is 0.636. The van der Waals surface area contributed by atoms with E-state index < -0.39 is 12.6 Å². The van der Waals surface area contributed by atoms with Gasteiger partial charge < -0.3 is 14.6 Å². The third kappa shape index (κ3) is 4.51. The van der Waals surface area contributed by atoms with Gasteiger partial charge in [-0.05, 0) is 54.1 Å². The van der Waals surface area contributed by atoms with Gasteiger partial charge in [0.05, 0.1) is 18.8 Å². The number of halogens is 1. The van der Waals surface area contributed by atoms with E-state index in [0.29, 0.717) is 33.2 Å². The van der Waals surface area contributed by atoms with Crippen LogP contribution in [0.3, 0.4) is 0 Å². The number of nitrogens with zero attached hydrogens (tertiary/aromatic N) is 1. The molecule has 0 unspecified atom stereocenters. The summed E-state index contributed by atoms with van der Waals surface area (Å²) < 4.78 is 10.3. The molecule has 6 heteroatoms. The minimum atomic E-state index is -1.09. The van der Waals surface area contributed by atoms with Crippen molar-refractivity contribution in [3.8, 4) is 17.6 Å². The number of benzene rings is 2. The topological polar surface area (TPSA) is 79.5 Å². The minimum absolute atomic E-state index is 0.336. The lowest BCUT2D eigenvalue weighted by Crippen LogP contribution is -2.10. The third-order valence-corrected chi connectivity index (χ3v) is 3.38. The Balaban J connectivity index is 2.40. The SMILES string of the molecule is COc1ccc(/C(C#N)=C/c2cc(Cl)ccc2OCC(=O)O)cc1. The average molecular weight is 344 g/mol. The number of carbonyl (C=O) groups is 1. The number of nitriles is 1. The first-order valence-corrected chi connectivity index (χ1v) is 7.31. The molecule has 0 atom stereocenters. The van der Waals surface area contributed by atoms with Gasteiger partial charge in [0.2, 0.25) is 0 Å². The highest BCUT2D eigenvalue weighted by molar-refractivity contribution is 6.30. The second-order valence-corrected chi connectivity index (χ2v) is 5.20. The van der Waals surface area contributed by atoms with Crippen LogP contribution in [0.4, 0.5) is 0 Å². The van der Waals surface area contributed by atoms with Crippen LogP contribution in [0.5, 0.6) is 11.5 Å².